The van der Waals surface area contributed by atoms with Crippen LogP contribution in [0.2, 0.25) is 5.02 Å². The Morgan fingerprint density at radius 1 is 1.06 bits per heavy atom. The van der Waals surface area contributed by atoms with Gasteiger partial charge in [-0.05, 0) is 24.3 Å². The molecule has 1 N–H and O–H groups in total. The van der Waals surface area contributed by atoms with Gasteiger partial charge in [-0.3, -0.25) is 0 Å². The average molecular weight is 263 g/mol. The molecule has 17 heavy (non-hydrogen) atoms. The maximum Gasteiger partial charge on any atom is 0.138 e. The molecule has 0 bridgehead atoms. The van der Waals surface area contributed by atoms with Crippen LogP contribution in [0.5, 0.6) is 0 Å². The zero-order valence-electron chi connectivity index (χ0n) is 8.97. The molecule has 0 aliphatic rings. The molecule has 0 spiro atoms. The summed E-state index contributed by atoms with van der Waals surface area (Å²) >= 11 is 9.92. The fraction of sp³-hybridized carbons (Fsp3) is 0. The van der Waals surface area contributed by atoms with Gasteiger partial charge in [-0.1, -0.05) is 29.8 Å². The van der Waals surface area contributed by atoms with Crippen LogP contribution in [0.1, 0.15) is 0 Å². The number of fused-ring (bicyclic) bond motifs is 1. The van der Waals surface area contributed by atoms with E-state index in [1.807, 2.05) is 42.6 Å². The first-order valence-electron chi connectivity index (χ1n) is 5.09. The lowest BCUT2D eigenvalue weighted by Gasteiger charge is -1.89. The van der Waals surface area contributed by atoms with Gasteiger partial charge < -0.3 is 4.98 Å². The lowest BCUT2D eigenvalue weighted by Crippen LogP contribution is -1.73. The van der Waals surface area contributed by atoms with Crippen molar-refractivity contribution in [2.24, 2.45) is 0 Å². The molecule has 0 unspecified atom stereocenters. The van der Waals surface area contributed by atoms with E-state index in [1.54, 1.807) is 12.3 Å². The zero-order chi connectivity index (χ0) is 12.1. The summed E-state index contributed by atoms with van der Waals surface area (Å²) in [6.45, 7) is 0. The number of benzene rings is 1. The van der Waals surface area contributed by atoms with Crippen LogP contribution in [0, 0.1) is 0 Å². The number of rotatable bonds is 0. The van der Waals surface area contributed by atoms with Gasteiger partial charge in [-0.2, -0.15) is 0 Å². The van der Waals surface area contributed by atoms with Crippen LogP contribution in [0.15, 0.2) is 59.8 Å². The van der Waals surface area contributed by atoms with E-state index >= 15 is 0 Å². The normalized spacial score (nSPS) is 9.76. The van der Waals surface area contributed by atoms with Crippen molar-refractivity contribution in [2.45, 2.75) is 4.90 Å². The molecular formula is C13H11ClN2S. The summed E-state index contributed by atoms with van der Waals surface area (Å²) in [5.74, 6) is 0. The predicted octanol–water partition coefficient (Wildman–Crippen LogP) is 4.19. The summed E-state index contributed by atoms with van der Waals surface area (Å²) in [7, 11) is 0. The van der Waals surface area contributed by atoms with Gasteiger partial charge in [-0.25, -0.2) is 4.98 Å². The Labute approximate surface area is 110 Å². The molecule has 0 saturated heterocycles. The van der Waals surface area contributed by atoms with Crippen LogP contribution >= 0.6 is 24.2 Å². The SMILES string of the molecule is Clc1ccnc2[nH]ccc12.Sc1ccccc1. The average Bonchev–Trinajstić information content (AvgIpc) is 2.80. The van der Waals surface area contributed by atoms with Crippen molar-refractivity contribution in [1.29, 1.82) is 0 Å². The highest BCUT2D eigenvalue weighted by atomic mass is 35.5. The third-order valence-corrected chi connectivity index (χ3v) is 2.79. The Hall–Kier alpha value is -1.45. The number of pyridine rings is 1. The lowest BCUT2D eigenvalue weighted by molar-refractivity contribution is 1.33. The van der Waals surface area contributed by atoms with Crippen molar-refractivity contribution in [2.75, 3.05) is 0 Å². The van der Waals surface area contributed by atoms with Crippen LogP contribution in [0.25, 0.3) is 11.0 Å². The third kappa shape index (κ3) is 3.25. The molecule has 86 valence electrons. The van der Waals surface area contributed by atoms with Gasteiger partial charge in [0.1, 0.15) is 5.65 Å². The molecule has 0 saturated carbocycles. The maximum atomic E-state index is 5.84. The fourth-order valence-electron chi connectivity index (χ4n) is 1.36. The topological polar surface area (TPSA) is 28.7 Å². The second kappa shape index (κ2) is 5.75. The van der Waals surface area contributed by atoms with Crippen molar-refractivity contribution in [1.82, 2.24) is 9.97 Å². The van der Waals surface area contributed by atoms with Crippen LogP contribution in [-0.2, 0) is 0 Å². The van der Waals surface area contributed by atoms with E-state index in [0.29, 0.717) is 0 Å². The van der Waals surface area contributed by atoms with Crippen molar-refractivity contribution in [3.05, 3.63) is 59.9 Å². The summed E-state index contributed by atoms with van der Waals surface area (Å²) in [4.78, 5) is 8.04. The quantitative estimate of drug-likeness (QED) is 0.584. The largest absolute Gasteiger partial charge is 0.346 e. The molecule has 4 heteroatoms. The van der Waals surface area contributed by atoms with Crippen LogP contribution in [0.3, 0.4) is 0 Å². The molecule has 0 radical (unpaired) electrons. The highest BCUT2D eigenvalue weighted by Crippen LogP contribution is 2.19. The Kier molecular flexibility index (Phi) is 4.07. The standard InChI is InChI=1S/C7H5ClN2.C6H6S/c8-6-2-4-10-7-5(6)1-3-9-7;7-6-4-2-1-3-5-6/h1-4H,(H,9,10);1-5,7H. The van der Waals surface area contributed by atoms with Gasteiger partial charge >= 0.3 is 0 Å². The van der Waals surface area contributed by atoms with E-state index < -0.39 is 0 Å². The first-order chi connectivity index (χ1) is 8.27. The van der Waals surface area contributed by atoms with E-state index in [0.717, 1.165) is 21.0 Å². The monoisotopic (exact) mass is 262 g/mol. The van der Waals surface area contributed by atoms with E-state index in [2.05, 4.69) is 22.6 Å². The minimum Gasteiger partial charge on any atom is -0.346 e. The Morgan fingerprint density at radius 2 is 1.82 bits per heavy atom. The second-order valence-electron chi connectivity index (χ2n) is 3.37. The van der Waals surface area contributed by atoms with E-state index in [9.17, 15) is 0 Å². The van der Waals surface area contributed by atoms with Gasteiger partial charge in [-0.15, -0.1) is 12.6 Å². The highest BCUT2D eigenvalue weighted by Gasteiger charge is 1.97. The first kappa shape index (κ1) is 12.0. The summed E-state index contributed by atoms with van der Waals surface area (Å²) in [6, 6.07) is 13.5. The van der Waals surface area contributed by atoms with Crippen molar-refractivity contribution >= 4 is 35.3 Å². The molecule has 3 rings (SSSR count). The van der Waals surface area contributed by atoms with Crippen molar-refractivity contribution in [3.63, 3.8) is 0 Å². The fourth-order valence-corrected chi connectivity index (χ4v) is 1.74. The molecule has 0 aliphatic carbocycles. The Bertz CT molecular complexity index is 592. The molecule has 0 amide bonds. The first-order valence-corrected chi connectivity index (χ1v) is 5.91. The van der Waals surface area contributed by atoms with Gasteiger partial charge in [0.25, 0.3) is 0 Å². The van der Waals surface area contributed by atoms with Crippen molar-refractivity contribution < 1.29 is 0 Å². The molecule has 0 fully saturated rings. The summed E-state index contributed by atoms with van der Waals surface area (Å²) in [5, 5.41) is 1.72. The highest BCUT2D eigenvalue weighted by molar-refractivity contribution is 7.80. The van der Waals surface area contributed by atoms with Crippen molar-refractivity contribution in [3.8, 4) is 0 Å². The number of hydrogen-bond acceptors (Lipinski definition) is 2. The van der Waals surface area contributed by atoms with Gasteiger partial charge in [0.15, 0.2) is 0 Å². The minimum atomic E-state index is 0.742. The number of hydrogen-bond donors (Lipinski definition) is 2. The minimum absolute atomic E-state index is 0.742. The van der Waals surface area contributed by atoms with Gasteiger partial charge in [0.05, 0.1) is 5.02 Å². The van der Waals surface area contributed by atoms with E-state index in [1.165, 1.54) is 0 Å². The van der Waals surface area contributed by atoms with Crippen LogP contribution in [0.4, 0.5) is 0 Å². The predicted molar refractivity (Wildman–Crippen MR) is 74.8 cm³/mol. The maximum absolute atomic E-state index is 5.84. The number of nitrogens with one attached hydrogen (secondary N) is 1. The third-order valence-electron chi connectivity index (χ3n) is 2.16. The van der Waals surface area contributed by atoms with E-state index in [-0.39, 0.29) is 0 Å². The van der Waals surface area contributed by atoms with Crippen LogP contribution in [-0.4, -0.2) is 9.97 Å². The molecule has 0 aliphatic heterocycles. The number of halogens is 1. The Morgan fingerprint density at radius 3 is 2.41 bits per heavy atom. The Balaban J connectivity index is 0.000000136. The molecule has 3 aromatic rings. The molecule has 0 atom stereocenters. The summed E-state index contributed by atoms with van der Waals surface area (Å²) in [5.41, 5.74) is 0.840. The second-order valence-corrected chi connectivity index (χ2v) is 4.29. The molecular weight excluding hydrogens is 252 g/mol. The summed E-state index contributed by atoms with van der Waals surface area (Å²) in [6.07, 6.45) is 3.50. The zero-order valence-corrected chi connectivity index (χ0v) is 10.6. The number of nitrogens with zero attached hydrogens (tertiary/aromatic N) is 1. The number of aromatic nitrogens is 2. The van der Waals surface area contributed by atoms with E-state index in [4.69, 9.17) is 11.6 Å². The van der Waals surface area contributed by atoms with Crippen LogP contribution < -0.4 is 0 Å². The lowest BCUT2D eigenvalue weighted by atomic mass is 10.3. The smallest absolute Gasteiger partial charge is 0.138 e. The molecule has 2 aromatic heterocycles. The molecule has 2 nitrogen and oxygen atoms in total. The van der Waals surface area contributed by atoms with Gasteiger partial charge in [0.2, 0.25) is 0 Å². The summed E-state index contributed by atoms with van der Waals surface area (Å²) < 4.78 is 0. The molecule has 2 heterocycles. The molecule has 1 aromatic carbocycles. The number of H-pyrrole nitrogens is 1. The number of thiol groups is 1. The van der Waals surface area contributed by atoms with Gasteiger partial charge in [0, 0.05) is 22.7 Å². The number of aromatic amines is 1.